The molecule has 0 saturated carbocycles. The minimum Gasteiger partial charge on any atom is -0.438 e. The Hall–Kier alpha value is -1.58. The number of nitrogens with zero attached hydrogens (tertiary/aromatic N) is 1. The lowest BCUT2D eigenvalue weighted by atomic mass is 10.2. The molecule has 0 aliphatic heterocycles. The zero-order chi connectivity index (χ0) is 12.1. The van der Waals surface area contributed by atoms with Crippen molar-refractivity contribution in [2.45, 2.75) is 6.54 Å². The highest BCUT2D eigenvalue weighted by Gasteiger charge is 2.03. The molecule has 0 bridgehead atoms. The highest BCUT2D eigenvalue weighted by molar-refractivity contribution is 6.31. The topological polar surface area (TPSA) is 34.1 Å². The Morgan fingerprint density at radius 3 is 2.65 bits per heavy atom. The van der Waals surface area contributed by atoms with Gasteiger partial charge in [0.15, 0.2) is 0 Å². The van der Waals surface area contributed by atoms with Crippen LogP contribution >= 0.6 is 11.6 Å². The van der Waals surface area contributed by atoms with E-state index in [9.17, 15) is 0 Å². The van der Waals surface area contributed by atoms with Gasteiger partial charge in [-0.05, 0) is 36.9 Å². The first-order valence-electron chi connectivity index (χ1n) is 5.31. The second-order valence-corrected chi connectivity index (χ2v) is 3.97. The molecule has 0 aliphatic carbocycles. The van der Waals surface area contributed by atoms with Crippen LogP contribution in [0.3, 0.4) is 0 Å². The summed E-state index contributed by atoms with van der Waals surface area (Å²) in [7, 11) is 1.91. The van der Waals surface area contributed by atoms with Crippen molar-refractivity contribution in [2.24, 2.45) is 0 Å². The molecular formula is C13H13ClN2O. The van der Waals surface area contributed by atoms with E-state index >= 15 is 0 Å². The molecule has 88 valence electrons. The normalized spacial score (nSPS) is 10.2. The monoisotopic (exact) mass is 248 g/mol. The van der Waals surface area contributed by atoms with Crippen molar-refractivity contribution in [3.63, 3.8) is 0 Å². The van der Waals surface area contributed by atoms with E-state index in [2.05, 4.69) is 10.3 Å². The number of halogens is 1. The summed E-state index contributed by atoms with van der Waals surface area (Å²) in [6, 6.07) is 11.3. The number of pyridine rings is 1. The molecule has 0 unspecified atom stereocenters. The average molecular weight is 249 g/mol. The third kappa shape index (κ3) is 3.19. The molecule has 4 heteroatoms. The van der Waals surface area contributed by atoms with Gasteiger partial charge < -0.3 is 10.1 Å². The zero-order valence-electron chi connectivity index (χ0n) is 9.48. The minimum atomic E-state index is 0.426. The van der Waals surface area contributed by atoms with Gasteiger partial charge >= 0.3 is 0 Å². The molecule has 0 fully saturated rings. The fourth-order valence-electron chi connectivity index (χ4n) is 1.44. The molecule has 2 aromatic rings. The summed E-state index contributed by atoms with van der Waals surface area (Å²) in [6.45, 7) is 0.838. The molecule has 0 atom stereocenters. The van der Waals surface area contributed by atoms with Crippen molar-refractivity contribution in [2.75, 3.05) is 7.05 Å². The van der Waals surface area contributed by atoms with Gasteiger partial charge in [-0.2, -0.15) is 0 Å². The number of nitrogens with one attached hydrogen (secondary N) is 1. The molecule has 3 nitrogen and oxygen atoms in total. The highest BCUT2D eigenvalue weighted by Crippen LogP contribution is 2.26. The molecule has 0 aliphatic rings. The summed E-state index contributed by atoms with van der Waals surface area (Å²) in [4.78, 5) is 4.07. The molecule has 0 radical (unpaired) electrons. The Morgan fingerprint density at radius 1 is 1.24 bits per heavy atom. The number of ether oxygens (including phenoxy) is 1. The smallest absolute Gasteiger partial charge is 0.238 e. The Bertz CT molecular complexity index is 485. The van der Waals surface area contributed by atoms with Crippen LogP contribution in [0, 0.1) is 0 Å². The SMILES string of the molecule is CNCc1ccc(Oc2ncccc2Cl)cc1. The summed E-state index contributed by atoms with van der Waals surface area (Å²) >= 11 is 5.96. The van der Waals surface area contributed by atoms with Crippen LogP contribution in [0.1, 0.15) is 5.56 Å². The standard InChI is InChI=1S/C13H13ClN2O/c1-15-9-10-4-6-11(7-5-10)17-13-12(14)3-2-8-16-13/h2-8,15H,9H2,1H3. The van der Waals surface area contributed by atoms with Crippen LogP contribution < -0.4 is 10.1 Å². The lowest BCUT2D eigenvalue weighted by Gasteiger charge is -2.06. The van der Waals surface area contributed by atoms with Gasteiger partial charge in [-0.3, -0.25) is 0 Å². The molecule has 0 amide bonds. The quantitative estimate of drug-likeness (QED) is 0.902. The summed E-state index contributed by atoms with van der Waals surface area (Å²) in [5.41, 5.74) is 1.20. The maximum absolute atomic E-state index is 5.96. The minimum absolute atomic E-state index is 0.426. The van der Waals surface area contributed by atoms with Gasteiger partial charge in [0, 0.05) is 12.7 Å². The number of hydrogen-bond acceptors (Lipinski definition) is 3. The van der Waals surface area contributed by atoms with Gasteiger partial charge in [0.25, 0.3) is 0 Å². The van der Waals surface area contributed by atoms with Crippen LogP contribution in [0.15, 0.2) is 42.6 Å². The molecule has 0 spiro atoms. The number of benzene rings is 1. The maximum atomic E-state index is 5.96. The van der Waals surface area contributed by atoms with Crippen molar-refractivity contribution < 1.29 is 4.74 Å². The van der Waals surface area contributed by atoms with Crippen molar-refractivity contribution >= 4 is 11.6 Å². The molecule has 2 rings (SSSR count). The van der Waals surface area contributed by atoms with Crippen molar-refractivity contribution in [3.8, 4) is 11.6 Å². The first kappa shape index (κ1) is 11.9. The Balaban J connectivity index is 2.11. The van der Waals surface area contributed by atoms with Gasteiger partial charge in [-0.15, -0.1) is 0 Å². The fraction of sp³-hybridized carbons (Fsp3) is 0.154. The van der Waals surface area contributed by atoms with Gasteiger partial charge in [0.1, 0.15) is 10.8 Å². The Labute approximate surface area is 105 Å². The summed E-state index contributed by atoms with van der Waals surface area (Å²) in [5, 5.41) is 3.59. The Morgan fingerprint density at radius 2 is 2.00 bits per heavy atom. The van der Waals surface area contributed by atoms with E-state index in [-0.39, 0.29) is 0 Å². The largest absolute Gasteiger partial charge is 0.438 e. The van der Waals surface area contributed by atoms with E-state index < -0.39 is 0 Å². The van der Waals surface area contributed by atoms with Crippen LogP contribution in [-0.2, 0) is 6.54 Å². The number of hydrogen-bond donors (Lipinski definition) is 1. The van der Waals surface area contributed by atoms with E-state index in [0.717, 1.165) is 12.3 Å². The third-order valence-corrected chi connectivity index (χ3v) is 2.53. The van der Waals surface area contributed by atoms with Gasteiger partial charge in [-0.1, -0.05) is 23.7 Å². The lowest BCUT2D eigenvalue weighted by Crippen LogP contribution is -2.04. The first-order chi connectivity index (χ1) is 8.29. The fourth-order valence-corrected chi connectivity index (χ4v) is 1.60. The van der Waals surface area contributed by atoms with Crippen molar-refractivity contribution in [1.29, 1.82) is 0 Å². The van der Waals surface area contributed by atoms with E-state index in [1.807, 2.05) is 31.3 Å². The summed E-state index contributed by atoms with van der Waals surface area (Å²) < 4.78 is 5.58. The van der Waals surface area contributed by atoms with Gasteiger partial charge in [0.2, 0.25) is 5.88 Å². The van der Waals surface area contributed by atoms with E-state index in [4.69, 9.17) is 16.3 Å². The van der Waals surface area contributed by atoms with E-state index in [1.165, 1.54) is 5.56 Å². The van der Waals surface area contributed by atoms with E-state index in [0.29, 0.717) is 10.9 Å². The first-order valence-corrected chi connectivity index (χ1v) is 5.69. The summed E-state index contributed by atoms with van der Waals surface area (Å²) in [6.07, 6.45) is 1.65. The number of rotatable bonds is 4. The lowest BCUT2D eigenvalue weighted by molar-refractivity contribution is 0.463. The van der Waals surface area contributed by atoms with Crippen LogP contribution in [0.25, 0.3) is 0 Å². The Kier molecular flexibility index (Phi) is 3.96. The van der Waals surface area contributed by atoms with Crippen molar-refractivity contribution in [3.05, 3.63) is 53.2 Å². The molecule has 17 heavy (non-hydrogen) atoms. The average Bonchev–Trinajstić information content (AvgIpc) is 2.35. The van der Waals surface area contributed by atoms with Gasteiger partial charge in [-0.25, -0.2) is 4.98 Å². The van der Waals surface area contributed by atoms with Crippen LogP contribution in [0.2, 0.25) is 5.02 Å². The van der Waals surface area contributed by atoms with Crippen LogP contribution in [0.4, 0.5) is 0 Å². The molecule has 1 N–H and O–H groups in total. The van der Waals surface area contributed by atoms with E-state index in [1.54, 1.807) is 18.3 Å². The molecule has 1 aromatic carbocycles. The predicted molar refractivity (Wildman–Crippen MR) is 68.5 cm³/mol. The van der Waals surface area contributed by atoms with Crippen molar-refractivity contribution in [1.82, 2.24) is 10.3 Å². The van der Waals surface area contributed by atoms with Gasteiger partial charge in [0.05, 0.1) is 0 Å². The molecular weight excluding hydrogens is 236 g/mol. The number of aromatic nitrogens is 1. The zero-order valence-corrected chi connectivity index (χ0v) is 10.2. The second kappa shape index (κ2) is 5.66. The second-order valence-electron chi connectivity index (χ2n) is 3.57. The molecule has 1 aromatic heterocycles. The van der Waals surface area contributed by atoms with Crippen LogP contribution in [-0.4, -0.2) is 12.0 Å². The highest BCUT2D eigenvalue weighted by atomic mass is 35.5. The summed E-state index contributed by atoms with van der Waals surface area (Å²) in [5.74, 6) is 1.15. The maximum Gasteiger partial charge on any atom is 0.238 e. The third-order valence-electron chi connectivity index (χ3n) is 2.24. The van der Waals surface area contributed by atoms with Crippen LogP contribution in [0.5, 0.6) is 11.6 Å². The molecule has 1 heterocycles. The predicted octanol–water partition coefficient (Wildman–Crippen LogP) is 3.25. The molecule has 0 saturated heterocycles.